The van der Waals surface area contributed by atoms with Gasteiger partial charge in [0.2, 0.25) is 0 Å². The molecule has 0 unspecified atom stereocenters. The first-order valence-corrected chi connectivity index (χ1v) is 5.55. The highest BCUT2D eigenvalue weighted by atomic mass is 16.3. The molecule has 0 aromatic heterocycles. The molecular weight excluding hydrogens is 202 g/mol. The summed E-state index contributed by atoms with van der Waals surface area (Å²) in [4.78, 5) is 13.6. The Morgan fingerprint density at radius 3 is 2.38 bits per heavy atom. The van der Waals surface area contributed by atoms with Gasteiger partial charge in [-0.15, -0.1) is 0 Å². The Bertz CT molecular complexity index is 343. The number of carbonyl (C=O) groups is 1. The third-order valence-corrected chi connectivity index (χ3v) is 2.50. The highest BCUT2D eigenvalue weighted by molar-refractivity contribution is 5.94. The van der Waals surface area contributed by atoms with Crippen LogP contribution in [0.1, 0.15) is 30.6 Å². The van der Waals surface area contributed by atoms with Gasteiger partial charge in [-0.2, -0.15) is 0 Å². The van der Waals surface area contributed by atoms with Gasteiger partial charge < -0.3 is 10.0 Å². The first-order valence-electron chi connectivity index (χ1n) is 5.55. The van der Waals surface area contributed by atoms with Crippen molar-refractivity contribution in [1.82, 2.24) is 4.90 Å². The van der Waals surface area contributed by atoms with Gasteiger partial charge in [0.15, 0.2) is 0 Å². The molecule has 0 aliphatic heterocycles. The molecule has 1 aromatic carbocycles. The largest absolute Gasteiger partial charge is 0.508 e. The number of nitrogens with zero attached hydrogens (tertiary/aromatic N) is 1. The van der Waals surface area contributed by atoms with Gasteiger partial charge in [0, 0.05) is 19.2 Å². The second-order valence-corrected chi connectivity index (χ2v) is 4.46. The summed E-state index contributed by atoms with van der Waals surface area (Å²) in [6.45, 7) is 5.04. The maximum absolute atomic E-state index is 11.9. The van der Waals surface area contributed by atoms with Crippen LogP contribution in [0.25, 0.3) is 0 Å². The van der Waals surface area contributed by atoms with E-state index in [2.05, 4.69) is 13.8 Å². The lowest BCUT2D eigenvalue weighted by Crippen LogP contribution is -2.28. The Hall–Kier alpha value is -1.51. The van der Waals surface area contributed by atoms with E-state index in [1.165, 1.54) is 12.1 Å². The molecule has 1 rings (SSSR count). The molecule has 0 bridgehead atoms. The van der Waals surface area contributed by atoms with Gasteiger partial charge in [0.25, 0.3) is 5.91 Å². The molecule has 1 amide bonds. The van der Waals surface area contributed by atoms with Crippen LogP contribution in [0, 0.1) is 5.92 Å². The molecule has 0 atom stereocenters. The molecule has 3 heteroatoms. The number of benzene rings is 1. The zero-order valence-electron chi connectivity index (χ0n) is 10.1. The van der Waals surface area contributed by atoms with E-state index < -0.39 is 0 Å². The summed E-state index contributed by atoms with van der Waals surface area (Å²) in [5, 5.41) is 9.13. The summed E-state index contributed by atoms with van der Waals surface area (Å²) in [5.41, 5.74) is 0.615. The summed E-state index contributed by atoms with van der Waals surface area (Å²) in [6, 6.07) is 6.35. The molecule has 0 spiro atoms. The van der Waals surface area contributed by atoms with Gasteiger partial charge >= 0.3 is 0 Å². The monoisotopic (exact) mass is 221 g/mol. The van der Waals surface area contributed by atoms with Gasteiger partial charge in [-0.25, -0.2) is 0 Å². The van der Waals surface area contributed by atoms with Crippen molar-refractivity contribution in [1.29, 1.82) is 0 Å². The second kappa shape index (κ2) is 5.54. The minimum absolute atomic E-state index is 0.000602. The van der Waals surface area contributed by atoms with E-state index in [4.69, 9.17) is 5.11 Å². The van der Waals surface area contributed by atoms with Crippen molar-refractivity contribution in [2.75, 3.05) is 13.6 Å². The third kappa shape index (κ3) is 3.57. The number of phenols is 1. The number of hydrogen-bond donors (Lipinski definition) is 1. The van der Waals surface area contributed by atoms with Gasteiger partial charge in [-0.3, -0.25) is 4.79 Å². The average Bonchev–Trinajstić information content (AvgIpc) is 2.26. The van der Waals surface area contributed by atoms with E-state index in [1.807, 2.05) is 0 Å². The Labute approximate surface area is 96.7 Å². The molecular formula is C13H19NO2. The highest BCUT2D eigenvalue weighted by Crippen LogP contribution is 2.12. The molecule has 0 fully saturated rings. The van der Waals surface area contributed by atoms with Gasteiger partial charge in [0.1, 0.15) is 5.75 Å². The number of phenolic OH excluding ortho intramolecular Hbond substituents is 1. The zero-order valence-corrected chi connectivity index (χ0v) is 10.1. The molecule has 16 heavy (non-hydrogen) atoms. The predicted octanol–water partition coefficient (Wildman–Crippen LogP) is 2.51. The quantitative estimate of drug-likeness (QED) is 0.848. The van der Waals surface area contributed by atoms with Crippen molar-refractivity contribution in [3.05, 3.63) is 29.8 Å². The number of carbonyl (C=O) groups excluding carboxylic acids is 1. The molecule has 0 heterocycles. The van der Waals surface area contributed by atoms with Crippen molar-refractivity contribution >= 4 is 5.91 Å². The molecule has 0 saturated carbocycles. The van der Waals surface area contributed by atoms with Crippen LogP contribution >= 0.6 is 0 Å². The summed E-state index contributed by atoms with van der Waals surface area (Å²) in [6.07, 6.45) is 1.00. The Kier molecular flexibility index (Phi) is 4.35. The SMILES string of the molecule is CC(C)CCN(C)C(=O)c1ccc(O)cc1. The van der Waals surface area contributed by atoms with Crippen LogP contribution in [0.5, 0.6) is 5.75 Å². The van der Waals surface area contributed by atoms with E-state index in [1.54, 1.807) is 24.1 Å². The predicted molar refractivity (Wildman–Crippen MR) is 64.5 cm³/mol. The fraction of sp³-hybridized carbons (Fsp3) is 0.462. The van der Waals surface area contributed by atoms with Crippen molar-refractivity contribution < 1.29 is 9.90 Å². The Balaban J connectivity index is 2.60. The lowest BCUT2D eigenvalue weighted by molar-refractivity contribution is 0.0789. The van der Waals surface area contributed by atoms with Gasteiger partial charge in [0.05, 0.1) is 0 Å². The van der Waals surface area contributed by atoms with Crippen LogP contribution in [0.3, 0.4) is 0 Å². The fourth-order valence-electron chi connectivity index (χ4n) is 1.38. The minimum atomic E-state index is 0.000602. The standard InChI is InChI=1S/C13H19NO2/c1-10(2)8-9-14(3)13(16)11-4-6-12(15)7-5-11/h4-7,10,15H,8-9H2,1-3H3. The molecule has 88 valence electrons. The van der Waals surface area contributed by atoms with E-state index in [0.717, 1.165) is 13.0 Å². The van der Waals surface area contributed by atoms with Crippen molar-refractivity contribution in [3.8, 4) is 5.75 Å². The Morgan fingerprint density at radius 1 is 1.31 bits per heavy atom. The summed E-state index contributed by atoms with van der Waals surface area (Å²) >= 11 is 0. The lowest BCUT2D eigenvalue weighted by Gasteiger charge is -2.18. The number of amides is 1. The maximum atomic E-state index is 11.9. The molecule has 3 nitrogen and oxygen atoms in total. The van der Waals surface area contributed by atoms with E-state index in [9.17, 15) is 4.79 Å². The molecule has 0 radical (unpaired) electrons. The van der Waals surface area contributed by atoms with Crippen LogP contribution in [-0.4, -0.2) is 29.5 Å². The zero-order chi connectivity index (χ0) is 12.1. The van der Waals surface area contributed by atoms with Crippen LogP contribution < -0.4 is 0 Å². The van der Waals surface area contributed by atoms with E-state index >= 15 is 0 Å². The van der Waals surface area contributed by atoms with Crippen LogP contribution in [0.2, 0.25) is 0 Å². The van der Waals surface area contributed by atoms with Crippen molar-refractivity contribution in [2.45, 2.75) is 20.3 Å². The molecule has 0 aliphatic carbocycles. The first-order chi connectivity index (χ1) is 7.50. The topological polar surface area (TPSA) is 40.5 Å². The van der Waals surface area contributed by atoms with Crippen molar-refractivity contribution in [2.24, 2.45) is 5.92 Å². The second-order valence-electron chi connectivity index (χ2n) is 4.46. The smallest absolute Gasteiger partial charge is 0.253 e. The summed E-state index contributed by atoms with van der Waals surface area (Å²) in [5.74, 6) is 0.775. The normalized spacial score (nSPS) is 10.5. The van der Waals surface area contributed by atoms with Gasteiger partial charge in [-0.1, -0.05) is 13.8 Å². The van der Waals surface area contributed by atoms with E-state index in [0.29, 0.717) is 11.5 Å². The molecule has 0 saturated heterocycles. The number of aromatic hydroxyl groups is 1. The summed E-state index contributed by atoms with van der Waals surface area (Å²) < 4.78 is 0. The van der Waals surface area contributed by atoms with E-state index in [-0.39, 0.29) is 11.7 Å². The van der Waals surface area contributed by atoms with Crippen LogP contribution in [0.15, 0.2) is 24.3 Å². The van der Waals surface area contributed by atoms with Crippen molar-refractivity contribution in [3.63, 3.8) is 0 Å². The fourth-order valence-corrected chi connectivity index (χ4v) is 1.38. The lowest BCUT2D eigenvalue weighted by atomic mass is 10.1. The van der Waals surface area contributed by atoms with Crippen LogP contribution in [0.4, 0.5) is 0 Å². The minimum Gasteiger partial charge on any atom is -0.508 e. The maximum Gasteiger partial charge on any atom is 0.253 e. The number of rotatable bonds is 4. The summed E-state index contributed by atoms with van der Waals surface area (Å²) in [7, 11) is 1.80. The molecule has 0 aliphatic rings. The average molecular weight is 221 g/mol. The third-order valence-electron chi connectivity index (χ3n) is 2.50. The number of hydrogen-bond acceptors (Lipinski definition) is 2. The van der Waals surface area contributed by atoms with Gasteiger partial charge in [-0.05, 0) is 36.6 Å². The first kappa shape index (κ1) is 12.6. The molecule has 1 aromatic rings. The Morgan fingerprint density at radius 2 is 1.88 bits per heavy atom. The molecule has 1 N–H and O–H groups in total. The highest BCUT2D eigenvalue weighted by Gasteiger charge is 2.11. The van der Waals surface area contributed by atoms with Crippen LogP contribution in [-0.2, 0) is 0 Å².